The van der Waals surface area contributed by atoms with Gasteiger partial charge < -0.3 is 19.1 Å². The van der Waals surface area contributed by atoms with Crippen LogP contribution in [0.3, 0.4) is 0 Å². The van der Waals surface area contributed by atoms with Gasteiger partial charge in [0, 0.05) is 31.1 Å². The number of ether oxygens (including phenoxy) is 1. The lowest BCUT2D eigenvalue weighted by Crippen LogP contribution is -2.37. The Kier molecular flexibility index (Phi) is 5.11. The number of aromatic nitrogens is 1. The first-order chi connectivity index (χ1) is 13.2. The average molecular weight is 373 g/mol. The van der Waals surface area contributed by atoms with Gasteiger partial charge in [0.25, 0.3) is 0 Å². The first-order valence-electron chi connectivity index (χ1n) is 9.54. The van der Waals surface area contributed by atoms with Crippen LogP contribution >= 0.6 is 0 Å². The molecule has 4 rings (SSSR count). The van der Waals surface area contributed by atoms with Crippen LogP contribution in [0.1, 0.15) is 31.7 Å². The molecule has 1 saturated heterocycles. The molecule has 6 nitrogen and oxygen atoms in total. The molecular weight excluding hydrogens is 349 g/mol. The molecule has 1 aromatic heterocycles. The molecule has 1 saturated carbocycles. The van der Waals surface area contributed by atoms with Crippen molar-refractivity contribution in [3.05, 3.63) is 35.6 Å². The predicted octanol–water partition coefficient (Wildman–Crippen LogP) is 3.22. The Hall–Kier alpha value is -2.41. The smallest absolute Gasteiger partial charge is 0.233 e. The number of anilines is 1. The van der Waals surface area contributed by atoms with Gasteiger partial charge in [0.1, 0.15) is 11.5 Å². The van der Waals surface area contributed by atoms with E-state index in [1.807, 2.05) is 11.8 Å². The second kappa shape index (κ2) is 7.68. The van der Waals surface area contributed by atoms with E-state index in [1.165, 1.54) is 6.07 Å². The fraction of sp³-hybridized carbons (Fsp3) is 0.500. The molecule has 7 heteroatoms. The maximum atomic E-state index is 14.4. The van der Waals surface area contributed by atoms with Crippen LogP contribution in [0.2, 0.25) is 0 Å². The van der Waals surface area contributed by atoms with Crippen molar-refractivity contribution in [3.8, 4) is 11.3 Å². The zero-order chi connectivity index (χ0) is 18.8. The zero-order valence-electron chi connectivity index (χ0n) is 15.5. The Morgan fingerprint density at radius 3 is 2.70 bits per heavy atom. The highest BCUT2D eigenvalue weighted by atomic mass is 19.1. The van der Waals surface area contributed by atoms with E-state index in [0.29, 0.717) is 56.4 Å². The highest BCUT2D eigenvalue weighted by Gasteiger charge is 2.35. The molecular formula is C20H24FN3O3. The molecule has 2 fully saturated rings. The van der Waals surface area contributed by atoms with Gasteiger partial charge in [-0.15, -0.1) is 0 Å². The molecule has 2 aliphatic rings. The van der Waals surface area contributed by atoms with E-state index in [9.17, 15) is 9.18 Å². The number of rotatable bonds is 6. The third-order valence-electron chi connectivity index (χ3n) is 5.13. The largest absolute Gasteiger partial charge is 0.378 e. The van der Waals surface area contributed by atoms with Gasteiger partial charge in [0.15, 0.2) is 0 Å². The van der Waals surface area contributed by atoms with E-state index < -0.39 is 0 Å². The molecule has 2 aromatic rings. The van der Waals surface area contributed by atoms with E-state index >= 15 is 0 Å². The number of morpholine rings is 1. The Labute approximate surface area is 157 Å². The van der Waals surface area contributed by atoms with Gasteiger partial charge >= 0.3 is 0 Å². The minimum Gasteiger partial charge on any atom is -0.378 e. The van der Waals surface area contributed by atoms with E-state index in [2.05, 4.69) is 10.1 Å². The number of amides is 1. The zero-order valence-corrected chi connectivity index (χ0v) is 15.5. The van der Waals surface area contributed by atoms with Crippen molar-refractivity contribution < 1.29 is 18.4 Å². The minimum absolute atomic E-state index is 0.103. The Morgan fingerprint density at radius 2 is 2.04 bits per heavy atom. The maximum Gasteiger partial charge on any atom is 0.233 e. The molecule has 1 aliphatic carbocycles. The Morgan fingerprint density at radius 1 is 1.30 bits per heavy atom. The Balaban J connectivity index is 1.74. The fourth-order valence-corrected chi connectivity index (χ4v) is 3.50. The molecule has 0 spiro atoms. The van der Waals surface area contributed by atoms with Crippen LogP contribution in [0, 0.1) is 5.82 Å². The molecule has 0 radical (unpaired) electrons. The molecule has 0 atom stereocenters. The van der Waals surface area contributed by atoms with E-state index in [0.717, 1.165) is 18.4 Å². The highest BCUT2D eigenvalue weighted by molar-refractivity contribution is 5.77. The molecule has 27 heavy (non-hydrogen) atoms. The normalized spacial score (nSPS) is 17.2. The summed E-state index contributed by atoms with van der Waals surface area (Å²) in [5, 5.41) is 4.20. The lowest BCUT2D eigenvalue weighted by Gasteiger charge is -2.28. The monoisotopic (exact) mass is 373 g/mol. The summed E-state index contributed by atoms with van der Waals surface area (Å²) in [6, 6.07) is 6.80. The predicted molar refractivity (Wildman–Crippen MR) is 98.8 cm³/mol. The number of carbonyl (C=O) groups excluding carboxylic acids is 1. The van der Waals surface area contributed by atoms with Crippen molar-refractivity contribution in [3.63, 3.8) is 0 Å². The molecule has 1 amide bonds. The maximum absolute atomic E-state index is 14.4. The van der Waals surface area contributed by atoms with Crippen LogP contribution in [-0.2, 0) is 16.1 Å². The number of hydrogen-bond donors (Lipinski definition) is 0. The van der Waals surface area contributed by atoms with Gasteiger partial charge in [-0.2, -0.15) is 0 Å². The molecule has 0 N–H and O–H groups in total. The van der Waals surface area contributed by atoms with Gasteiger partial charge in [-0.1, -0.05) is 24.2 Å². The molecule has 2 heterocycles. The lowest BCUT2D eigenvalue weighted by atomic mass is 10.1. The van der Waals surface area contributed by atoms with Crippen LogP contribution in [0.25, 0.3) is 11.3 Å². The standard InChI is InChI=1S/C20H24FN3O3/c1-2-18(25)24(14-7-8-14)13-16-19(15-5-3-4-6-17(15)21)22-27-20(16)23-9-11-26-12-10-23/h3-6,14H,2,7-13H2,1H3. The van der Waals surface area contributed by atoms with Crippen LogP contribution in [0.4, 0.5) is 10.3 Å². The molecule has 1 aromatic carbocycles. The van der Waals surface area contributed by atoms with E-state index in [1.54, 1.807) is 18.2 Å². The Bertz CT molecular complexity index is 813. The number of hydrogen-bond acceptors (Lipinski definition) is 5. The summed E-state index contributed by atoms with van der Waals surface area (Å²) in [5.74, 6) is 0.373. The number of halogens is 1. The van der Waals surface area contributed by atoms with Gasteiger partial charge in [0.05, 0.1) is 25.3 Å². The summed E-state index contributed by atoms with van der Waals surface area (Å²) in [4.78, 5) is 16.4. The summed E-state index contributed by atoms with van der Waals surface area (Å²) >= 11 is 0. The van der Waals surface area contributed by atoms with Crippen LogP contribution < -0.4 is 4.90 Å². The van der Waals surface area contributed by atoms with Gasteiger partial charge in [-0.25, -0.2) is 4.39 Å². The SMILES string of the molecule is CCC(=O)N(Cc1c(-c2ccccc2F)noc1N1CCOCC1)C1CC1. The molecule has 1 aliphatic heterocycles. The van der Waals surface area contributed by atoms with Crippen LogP contribution in [0.5, 0.6) is 0 Å². The summed E-state index contributed by atoms with van der Waals surface area (Å²) in [5.41, 5.74) is 1.65. The topological polar surface area (TPSA) is 58.8 Å². The van der Waals surface area contributed by atoms with Crippen molar-refractivity contribution >= 4 is 11.8 Å². The summed E-state index contributed by atoms with van der Waals surface area (Å²) < 4.78 is 25.5. The third kappa shape index (κ3) is 3.69. The molecule has 144 valence electrons. The highest BCUT2D eigenvalue weighted by Crippen LogP contribution is 2.37. The first kappa shape index (κ1) is 18.0. The summed E-state index contributed by atoms with van der Waals surface area (Å²) in [6.07, 6.45) is 2.47. The third-order valence-corrected chi connectivity index (χ3v) is 5.13. The minimum atomic E-state index is -0.347. The van der Waals surface area contributed by atoms with E-state index in [4.69, 9.17) is 9.26 Å². The average Bonchev–Trinajstić information content (AvgIpc) is 3.46. The lowest BCUT2D eigenvalue weighted by molar-refractivity contribution is -0.132. The summed E-state index contributed by atoms with van der Waals surface area (Å²) in [6.45, 7) is 4.84. The number of benzene rings is 1. The van der Waals surface area contributed by atoms with Gasteiger partial charge in [-0.05, 0) is 25.0 Å². The van der Waals surface area contributed by atoms with Crippen molar-refractivity contribution in [1.82, 2.24) is 10.1 Å². The number of carbonyl (C=O) groups is 1. The van der Waals surface area contributed by atoms with Crippen molar-refractivity contribution in [2.75, 3.05) is 31.2 Å². The fourth-order valence-electron chi connectivity index (χ4n) is 3.50. The molecule has 0 bridgehead atoms. The van der Waals surface area contributed by atoms with Crippen molar-refractivity contribution in [2.45, 2.75) is 38.8 Å². The first-order valence-corrected chi connectivity index (χ1v) is 9.54. The molecule has 0 unspecified atom stereocenters. The van der Waals surface area contributed by atoms with E-state index in [-0.39, 0.29) is 17.8 Å². The van der Waals surface area contributed by atoms with Gasteiger partial charge in [0.2, 0.25) is 11.8 Å². The van der Waals surface area contributed by atoms with Crippen LogP contribution in [0.15, 0.2) is 28.8 Å². The van der Waals surface area contributed by atoms with Crippen molar-refractivity contribution in [1.29, 1.82) is 0 Å². The van der Waals surface area contributed by atoms with Crippen molar-refractivity contribution in [2.24, 2.45) is 0 Å². The number of nitrogens with zero attached hydrogens (tertiary/aromatic N) is 3. The second-order valence-electron chi connectivity index (χ2n) is 7.00. The van der Waals surface area contributed by atoms with Gasteiger partial charge in [-0.3, -0.25) is 4.79 Å². The summed E-state index contributed by atoms with van der Waals surface area (Å²) in [7, 11) is 0. The second-order valence-corrected chi connectivity index (χ2v) is 7.00. The quantitative estimate of drug-likeness (QED) is 0.778. The van der Waals surface area contributed by atoms with Crippen LogP contribution in [-0.4, -0.2) is 48.3 Å².